The van der Waals surface area contributed by atoms with Gasteiger partial charge in [0, 0.05) is 57.9 Å². The average molecular weight is 1060 g/mol. The summed E-state index contributed by atoms with van der Waals surface area (Å²) in [6.07, 6.45) is 4.21. The van der Waals surface area contributed by atoms with Crippen LogP contribution in [0.4, 0.5) is 0 Å². The molecular weight excluding hydrogens is 1010 g/mol. The predicted octanol–water partition coefficient (Wildman–Crippen LogP) is 17.3. The SMILES string of the molecule is CC(C)c1cc(-c2ccccc2)cc(C(C)C)c1-n1ccnc1-c1[c-]ccc2c1oc1c2ccc2c3ccc(-c4ccccc4)cc3ccc21.[2H]C([2H])(c1ccc(-c2[c-]cccc2)nc1)C(C)(C)C.[Ir]. The number of benzene rings is 8. The fourth-order valence-corrected chi connectivity index (χ4v) is 9.24. The van der Waals surface area contributed by atoms with Crippen LogP contribution >= 0.6 is 0 Å². The second-order valence-corrected chi connectivity index (χ2v) is 19.0. The Hall–Kier alpha value is -6.91. The number of aromatic nitrogens is 3. The quantitative estimate of drug-likeness (QED) is 0.113. The Kier molecular flexibility index (Phi) is 12.4. The van der Waals surface area contributed by atoms with E-state index in [9.17, 15) is 0 Å². The molecule has 68 heavy (non-hydrogen) atoms. The van der Waals surface area contributed by atoms with E-state index in [1.54, 1.807) is 6.20 Å². The summed E-state index contributed by atoms with van der Waals surface area (Å²) < 4.78 is 25.6. The van der Waals surface area contributed by atoms with Gasteiger partial charge in [-0.15, -0.1) is 54.1 Å². The van der Waals surface area contributed by atoms with Gasteiger partial charge in [0.25, 0.3) is 0 Å². The fraction of sp³-hybridized carbons (Fsp3) is 0.175. The van der Waals surface area contributed by atoms with Gasteiger partial charge >= 0.3 is 0 Å². The second-order valence-electron chi connectivity index (χ2n) is 19.0. The molecule has 0 N–H and O–H groups in total. The third-order valence-corrected chi connectivity index (χ3v) is 12.4. The molecular formula is C63H55IrN3O-2. The molecule has 0 aliphatic heterocycles. The van der Waals surface area contributed by atoms with Crippen molar-refractivity contribution in [3.05, 3.63) is 211 Å². The standard InChI is InChI=1S/C47H37N2O.C16H18N.Ir/c1-29(2)42-27-35(32-14-9-6-10-15-32)28-43(30(3)4)44(42)49-25-24-48-47(49)41-17-11-16-38-40-23-22-37-36-20-18-33(31-12-7-5-8-13-31)26-34(36)19-21-39(37)45(40)50-46(38)41;1-16(2,3)11-13-9-10-15(17-12-13)14-7-5-4-6-8-14;/h5-16,18-30H,1-4H3;4-7,9-10,12H,11H2,1-3H3;/q2*-1;/i;11D2;. The maximum Gasteiger partial charge on any atom is 0.128 e. The van der Waals surface area contributed by atoms with Gasteiger partial charge in [0.2, 0.25) is 0 Å². The minimum atomic E-state index is -1.40. The number of imidazole rings is 1. The molecule has 3 aromatic heterocycles. The Bertz CT molecular complexity index is 3580. The molecule has 5 heteroatoms. The summed E-state index contributed by atoms with van der Waals surface area (Å²) in [5, 5.41) is 6.88. The van der Waals surface area contributed by atoms with Crippen LogP contribution in [0.15, 0.2) is 187 Å². The van der Waals surface area contributed by atoms with Gasteiger partial charge in [-0.1, -0.05) is 169 Å². The van der Waals surface area contributed by atoms with Crippen LogP contribution in [0.3, 0.4) is 0 Å². The molecule has 0 amide bonds. The molecule has 0 saturated carbocycles. The van der Waals surface area contributed by atoms with Gasteiger partial charge in [-0.05, 0) is 103 Å². The van der Waals surface area contributed by atoms with Crippen molar-refractivity contribution in [3.8, 4) is 50.6 Å². The van der Waals surface area contributed by atoms with E-state index in [0.29, 0.717) is 17.4 Å². The van der Waals surface area contributed by atoms with Crippen LogP contribution in [0, 0.1) is 17.5 Å². The van der Waals surface area contributed by atoms with Crippen LogP contribution in [-0.4, -0.2) is 14.5 Å². The van der Waals surface area contributed by atoms with Crippen LogP contribution in [0.5, 0.6) is 0 Å². The summed E-state index contributed by atoms with van der Waals surface area (Å²) in [6, 6.07) is 63.7. The smallest absolute Gasteiger partial charge is 0.128 e. The number of hydrogen-bond donors (Lipinski definition) is 0. The van der Waals surface area contributed by atoms with Crippen LogP contribution in [0.1, 0.15) is 79.7 Å². The zero-order valence-electron chi connectivity index (χ0n) is 41.6. The molecule has 0 bridgehead atoms. The van der Waals surface area contributed by atoms with Crippen LogP contribution in [0.2, 0.25) is 0 Å². The van der Waals surface area contributed by atoms with Gasteiger partial charge < -0.3 is 14.0 Å². The maximum absolute atomic E-state index is 8.21. The summed E-state index contributed by atoms with van der Waals surface area (Å²) in [5.74, 6) is 1.43. The van der Waals surface area contributed by atoms with Gasteiger partial charge in [0.15, 0.2) is 0 Å². The molecule has 1 radical (unpaired) electrons. The first-order valence-corrected chi connectivity index (χ1v) is 23.3. The first kappa shape index (κ1) is 43.6. The minimum absolute atomic E-state index is 0. The third kappa shape index (κ3) is 9.22. The number of fused-ring (bicyclic) bond motifs is 7. The first-order chi connectivity index (χ1) is 33.3. The fourth-order valence-electron chi connectivity index (χ4n) is 9.24. The van der Waals surface area contributed by atoms with Crippen molar-refractivity contribution in [3.63, 3.8) is 0 Å². The van der Waals surface area contributed by atoms with Crippen molar-refractivity contribution in [1.82, 2.24) is 14.5 Å². The molecule has 4 nitrogen and oxygen atoms in total. The van der Waals surface area contributed by atoms with Crippen molar-refractivity contribution in [2.45, 2.75) is 66.7 Å². The van der Waals surface area contributed by atoms with Crippen LogP contribution in [0.25, 0.3) is 94.1 Å². The van der Waals surface area contributed by atoms with Gasteiger partial charge in [0.05, 0.1) is 11.4 Å². The Labute approximate surface area is 416 Å². The van der Waals surface area contributed by atoms with Crippen LogP contribution < -0.4 is 0 Å². The summed E-state index contributed by atoms with van der Waals surface area (Å²) >= 11 is 0. The Morgan fingerprint density at radius 3 is 1.87 bits per heavy atom. The van der Waals surface area contributed by atoms with Crippen molar-refractivity contribution >= 4 is 43.5 Å². The van der Waals surface area contributed by atoms with Gasteiger partial charge in [0.1, 0.15) is 5.58 Å². The molecule has 339 valence electrons. The molecule has 0 aliphatic rings. The summed E-state index contributed by atoms with van der Waals surface area (Å²) in [4.78, 5) is 9.33. The Morgan fingerprint density at radius 1 is 0.588 bits per heavy atom. The van der Waals surface area contributed by atoms with Crippen LogP contribution in [-0.2, 0) is 26.5 Å². The second kappa shape index (κ2) is 19.4. The number of rotatable bonds is 8. The molecule has 0 aliphatic carbocycles. The number of pyridine rings is 1. The van der Waals surface area contributed by atoms with E-state index < -0.39 is 11.8 Å². The van der Waals surface area contributed by atoms with E-state index in [1.807, 2.05) is 69.4 Å². The Balaban J connectivity index is 0.000000257. The predicted molar refractivity (Wildman–Crippen MR) is 281 cm³/mol. The maximum atomic E-state index is 8.21. The van der Waals surface area contributed by atoms with Crippen molar-refractivity contribution in [1.29, 1.82) is 0 Å². The molecule has 3 heterocycles. The number of hydrogen-bond acceptors (Lipinski definition) is 3. The van der Waals surface area contributed by atoms with E-state index in [4.69, 9.17) is 12.1 Å². The summed E-state index contributed by atoms with van der Waals surface area (Å²) in [7, 11) is 0. The molecule has 0 atom stereocenters. The summed E-state index contributed by atoms with van der Waals surface area (Å²) in [6.45, 7) is 14.8. The van der Waals surface area contributed by atoms with Gasteiger partial charge in [-0.2, -0.15) is 0 Å². The monoisotopic (exact) mass is 1060 g/mol. The molecule has 11 rings (SSSR count). The van der Waals surface area contributed by atoms with E-state index in [-0.39, 0.29) is 20.1 Å². The molecule has 0 unspecified atom stereocenters. The zero-order valence-corrected chi connectivity index (χ0v) is 42.0. The molecule has 11 aromatic rings. The van der Waals surface area contributed by atoms with Gasteiger partial charge in [-0.3, -0.25) is 4.98 Å². The van der Waals surface area contributed by atoms with Crippen molar-refractivity contribution in [2.24, 2.45) is 5.41 Å². The number of furan rings is 1. The topological polar surface area (TPSA) is 43.9 Å². The van der Waals surface area contributed by atoms with Gasteiger partial charge in [-0.25, -0.2) is 0 Å². The van der Waals surface area contributed by atoms with Crippen molar-refractivity contribution < 1.29 is 27.3 Å². The normalized spacial score (nSPS) is 12.3. The zero-order chi connectivity index (χ0) is 48.0. The van der Waals surface area contributed by atoms with E-state index in [2.05, 4.69) is 177 Å². The minimum Gasteiger partial charge on any atom is -0.500 e. The average Bonchev–Trinajstić information content (AvgIpc) is 4.02. The number of nitrogens with zero attached hydrogens (tertiary/aromatic N) is 3. The summed E-state index contributed by atoms with van der Waals surface area (Å²) in [5.41, 5.74) is 13.1. The van der Waals surface area contributed by atoms with E-state index >= 15 is 0 Å². The molecule has 8 aromatic carbocycles. The van der Waals surface area contributed by atoms with E-state index in [1.165, 1.54) is 55.2 Å². The van der Waals surface area contributed by atoms with Crippen molar-refractivity contribution in [2.75, 3.05) is 0 Å². The first-order valence-electron chi connectivity index (χ1n) is 24.3. The van der Waals surface area contributed by atoms with E-state index in [0.717, 1.165) is 50.0 Å². The Morgan fingerprint density at radius 2 is 1.22 bits per heavy atom. The molecule has 0 saturated heterocycles. The largest absolute Gasteiger partial charge is 0.500 e. The molecule has 0 fully saturated rings. The molecule has 0 spiro atoms. The third-order valence-electron chi connectivity index (χ3n) is 12.4.